The van der Waals surface area contributed by atoms with Gasteiger partial charge in [-0.25, -0.2) is 9.59 Å². The summed E-state index contributed by atoms with van der Waals surface area (Å²) in [5, 5.41) is 14.0. The Labute approximate surface area is 151 Å². The Hall–Kier alpha value is -2.92. The Balaban J connectivity index is 2.25. The Bertz CT molecular complexity index is 992. The number of aliphatic hydroxyl groups excluding tert-OH is 1. The summed E-state index contributed by atoms with van der Waals surface area (Å²) in [5.41, 5.74) is 1.32. The van der Waals surface area contributed by atoms with E-state index in [9.17, 15) is 14.7 Å². The van der Waals surface area contributed by atoms with Crippen LogP contribution in [-0.2, 0) is 14.3 Å². The van der Waals surface area contributed by atoms with Crippen molar-refractivity contribution < 1.29 is 24.2 Å². The fourth-order valence-electron chi connectivity index (χ4n) is 3.25. The molecule has 0 amide bonds. The number of hydrogen-bond acceptors (Lipinski definition) is 5. The molecule has 3 rings (SSSR count). The molecule has 3 aromatic carbocycles. The van der Waals surface area contributed by atoms with Crippen molar-refractivity contribution in [2.24, 2.45) is 0 Å². The van der Waals surface area contributed by atoms with Crippen molar-refractivity contribution >= 4 is 33.5 Å². The molecule has 0 heterocycles. The summed E-state index contributed by atoms with van der Waals surface area (Å²) < 4.78 is 9.47. The van der Waals surface area contributed by atoms with Crippen LogP contribution in [0.5, 0.6) is 0 Å². The molecular formula is C21H20O5. The molecule has 5 heteroatoms. The van der Waals surface area contributed by atoms with Crippen LogP contribution in [0.4, 0.5) is 0 Å². The predicted octanol–water partition coefficient (Wildman–Crippen LogP) is 3.42. The van der Waals surface area contributed by atoms with Crippen LogP contribution in [0.3, 0.4) is 0 Å². The number of esters is 2. The molecule has 1 N–H and O–H groups in total. The topological polar surface area (TPSA) is 72.8 Å². The highest BCUT2D eigenvalue weighted by Gasteiger charge is 2.26. The minimum Gasteiger partial charge on any atom is -0.467 e. The van der Waals surface area contributed by atoms with Crippen molar-refractivity contribution in [3.8, 4) is 0 Å². The van der Waals surface area contributed by atoms with Crippen molar-refractivity contribution in [1.29, 1.82) is 0 Å². The molecule has 0 saturated heterocycles. The second kappa shape index (κ2) is 7.14. The van der Waals surface area contributed by atoms with E-state index in [1.54, 1.807) is 19.1 Å². The first-order valence-corrected chi connectivity index (χ1v) is 8.27. The molecule has 0 spiro atoms. The Morgan fingerprint density at radius 2 is 1.62 bits per heavy atom. The average molecular weight is 352 g/mol. The maximum Gasteiger partial charge on any atom is 0.337 e. The molecule has 134 valence electrons. The molecule has 3 aromatic rings. The SMILES string of the molecule is COC(=O)c1ccc2cc(C(C)C(O)C(=O)OC)c3ccccc3c2c1. The summed E-state index contributed by atoms with van der Waals surface area (Å²) in [6.45, 7) is 1.79. The molecule has 0 bridgehead atoms. The average Bonchev–Trinajstić information content (AvgIpc) is 2.70. The van der Waals surface area contributed by atoms with E-state index in [0.29, 0.717) is 5.56 Å². The van der Waals surface area contributed by atoms with Crippen LogP contribution < -0.4 is 0 Å². The number of hydrogen-bond donors (Lipinski definition) is 1. The highest BCUT2D eigenvalue weighted by Crippen LogP contribution is 2.34. The van der Waals surface area contributed by atoms with Gasteiger partial charge in [-0.15, -0.1) is 0 Å². The normalized spacial score (nSPS) is 13.4. The van der Waals surface area contributed by atoms with Gasteiger partial charge in [-0.05, 0) is 39.2 Å². The third kappa shape index (κ3) is 3.02. The molecule has 0 saturated carbocycles. The van der Waals surface area contributed by atoms with Crippen molar-refractivity contribution in [3.05, 3.63) is 59.7 Å². The molecule has 5 nitrogen and oxygen atoms in total. The van der Waals surface area contributed by atoms with Gasteiger partial charge in [0.15, 0.2) is 6.10 Å². The summed E-state index contributed by atoms with van der Waals surface area (Å²) in [6.07, 6.45) is -1.25. The zero-order chi connectivity index (χ0) is 18.8. The minimum absolute atomic E-state index is 0.394. The van der Waals surface area contributed by atoms with Crippen molar-refractivity contribution in [2.75, 3.05) is 14.2 Å². The van der Waals surface area contributed by atoms with Gasteiger partial charge in [0.1, 0.15) is 0 Å². The Morgan fingerprint density at radius 1 is 0.923 bits per heavy atom. The zero-order valence-electron chi connectivity index (χ0n) is 14.9. The third-order valence-electron chi connectivity index (χ3n) is 4.72. The molecule has 0 aliphatic carbocycles. The predicted molar refractivity (Wildman–Crippen MR) is 99.2 cm³/mol. The molecule has 0 aliphatic rings. The van der Waals surface area contributed by atoms with Crippen LogP contribution in [-0.4, -0.2) is 37.4 Å². The largest absolute Gasteiger partial charge is 0.467 e. The number of methoxy groups -OCH3 is 2. The van der Waals surface area contributed by atoms with Crippen LogP contribution >= 0.6 is 0 Å². The number of aliphatic hydroxyl groups is 1. The van der Waals surface area contributed by atoms with Crippen molar-refractivity contribution in [2.45, 2.75) is 18.9 Å². The summed E-state index contributed by atoms with van der Waals surface area (Å²) in [5.74, 6) is -1.51. The maximum atomic E-state index is 11.9. The second-order valence-corrected chi connectivity index (χ2v) is 6.20. The second-order valence-electron chi connectivity index (χ2n) is 6.20. The maximum absolute atomic E-state index is 11.9. The van der Waals surface area contributed by atoms with E-state index in [-0.39, 0.29) is 0 Å². The van der Waals surface area contributed by atoms with E-state index in [2.05, 4.69) is 4.74 Å². The molecule has 2 atom stereocenters. The lowest BCUT2D eigenvalue weighted by Gasteiger charge is -2.20. The number of ether oxygens (including phenoxy) is 2. The molecular weight excluding hydrogens is 332 g/mol. The monoisotopic (exact) mass is 352 g/mol. The lowest BCUT2D eigenvalue weighted by Crippen LogP contribution is -2.27. The number of carbonyl (C=O) groups excluding carboxylic acids is 2. The van der Waals surface area contributed by atoms with Crippen molar-refractivity contribution in [3.63, 3.8) is 0 Å². The van der Waals surface area contributed by atoms with Gasteiger partial charge in [-0.3, -0.25) is 0 Å². The van der Waals surface area contributed by atoms with Crippen LogP contribution in [0.1, 0.15) is 28.8 Å². The minimum atomic E-state index is -1.25. The standard InChI is InChI=1S/C21H20O5/c1-12(19(22)21(24)26-3)17-10-13-8-9-14(20(23)25-2)11-18(13)16-7-5-4-6-15(16)17/h4-12,19,22H,1-3H3. The Kier molecular flexibility index (Phi) is 4.91. The van der Waals surface area contributed by atoms with Crippen LogP contribution in [0.2, 0.25) is 0 Å². The molecule has 2 unspecified atom stereocenters. The lowest BCUT2D eigenvalue weighted by atomic mass is 9.87. The Morgan fingerprint density at radius 3 is 2.27 bits per heavy atom. The summed E-state index contributed by atoms with van der Waals surface area (Å²) in [4.78, 5) is 23.6. The van der Waals surface area contributed by atoms with Gasteiger partial charge in [0.05, 0.1) is 19.8 Å². The number of carbonyl (C=O) groups is 2. The van der Waals surface area contributed by atoms with Gasteiger partial charge >= 0.3 is 11.9 Å². The fourth-order valence-corrected chi connectivity index (χ4v) is 3.25. The van der Waals surface area contributed by atoms with E-state index < -0.39 is 24.0 Å². The van der Waals surface area contributed by atoms with Crippen LogP contribution in [0, 0.1) is 0 Å². The highest BCUT2D eigenvalue weighted by atomic mass is 16.5. The van der Waals surface area contributed by atoms with Crippen LogP contribution in [0.25, 0.3) is 21.5 Å². The third-order valence-corrected chi connectivity index (χ3v) is 4.72. The van der Waals surface area contributed by atoms with Gasteiger partial charge in [0, 0.05) is 5.92 Å². The molecule has 26 heavy (non-hydrogen) atoms. The van der Waals surface area contributed by atoms with Gasteiger partial charge < -0.3 is 14.6 Å². The summed E-state index contributed by atoms with van der Waals surface area (Å²) >= 11 is 0. The number of rotatable bonds is 4. The zero-order valence-corrected chi connectivity index (χ0v) is 14.9. The van der Waals surface area contributed by atoms with E-state index in [0.717, 1.165) is 27.1 Å². The summed E-state index contributed by atoms with van der Waals surface area (Å²) in [6, 6.07) is 15.0. The molecule has 0 radical (unpaired) electrons. The highest BCUT2D eigenvalue weighted by molar-refractivity contribution is 6.11. The van der Waals surface area contributed by atoms with Gasteiger partial charge in [-0.2, -0.15) is 0 Å². The first-order chi connectivity index (χ1) is 12.5. The first kappa shape index (κ1) is 17.9. The van der Waals surface area contributed by atoms with E-state index in [4.69, 9.17) is 4.74 Å². The smallest absolute Gasteiger partial charge is 0.337 e. The van der Waals surface area contributed by atoms with E-state index in [1.807, 2.05) is 36.4 Å². The molecule has 0 fully saturated rings. The van der Waals surface area contributed by atoms with Crippen LogP contribution in [0.15, 0.2) is 48.5 Å². The number of benzene rings is 3. The molecule has 0 aromatic heterocycles. The van der Waals surface area contributed by atoms with Gasteiger partial charge in [0.25, 0.3) is 0 Å². The molecule has 0 aliphatic heterocycles. The number of fused-ring (bicyclic) bond motifs is 3. The van der Waals surface area contributed by atoms with E-state index >= 15 is 0 Å². The summed E-state index contributed by atoms with van der Waals surface area (Å²) in [7, 11) is 2.61. The quantitative estimate of drug-likeness (QED) is 0.575. The van der Waals surface area contributed by atoms with Gasteiger partial charge in [0.2, 0.25) is 0 Å². The van der Waals surface area contributed by atoms with E-state index in [1.165, 1.54) is 14.2 Å². The van der Waals surface area contributed by atoms with Gasteiger partial charge in [-0.1, -0.05) is 43.3 Å². The van der Waals surface area contributed by atoms with Crippen molar-refractivity contribution in [1.82, 2.24) is 0 Å². The lowest BCUT2D eigenvalue weighted by molar-refractivity contribution is -0.151. The first-order valence-electron chi connectivity index (χ1n) is 8.27. The fraction of sp³-hybridized carbons (Fsp3) is 0.238.